The zero-order valence-corrected chi connectivity index (χ0v) is 40.1. The van der Waals surface area contributed by atoms with Crippen LogP contribution in [-0.4, -0.2) is 70.0 Å². The van der Waals surface area contributed by atoms with Gasteiger partial charge in [-0.1, -0.05) is 161 Å². The highest BCUT2D eigenvalue weighted by molar-refractivity contribution is 7.45. The van der Waals surface area contributed by atoms with Gasteiger partial charge >= 0.3 is 11.9 Å². The van der Waals surface area contributed by atoms with E-state index in [0.29, 0.717) is 23.9 Å². The molecule has 0 aromatic rings. The summed E-state index contributed by atoms with van der Waals surface area (Å²) in [5.41, 5.74) is 0. The van der Waals surface area contributed by atoms with Gasteiger partial charge in [-0.15, -0.1) is 0 Å². The predicted octanol–water partition coefficient (Wildman–Crippen LogP) is 13.1. The Morgan fingerprint density at radius 2 is 0.903 bits per heavy atom. The Bertz CT molecular complexity index is 1460. The van der Waals surface area contributed by atoms with Crippen LogP contribution in [0.15, 0.2) is 122 Å². The van der Waals surface area contributed by atoms with E-state index < -0.39 is 32.5 Å². The first-order valence-corrected chi connectivity index (χ1v) is 24.7. The summed E-state index contributed by atoms with van der Waals surface area (Å²) < 4.78 is 33.8. The summed E-state index contributed by atoms with van der Waals surface area (Å²) >= 11 is 0. The molecule has 0 heterocycles. The largest absolute Gasteiger partial charge is 0.756 e. The van der Waals surface area contributed by atoms with Crippen LogP contribution in [0.1, 0.15) is 142 Å². The number of esters is 2. The molecule has 9 nitrogen and oxygen atoms in total. The van der Waals surface area contributed by atoms with E-state index >= 15 is 0 Å². The first kappa shape index (κ1) is 58.4. The fraction of sp³-hybridized carbons (Fsp3) is 0.577. The maximum atomic E-state index is 12.7. The molecule has 0 saturated carbocycles. The van der Waals surface area contributed by atoms with Gasteiger partial charge in [0.05, 0.1) is 27.7 Å². The molecule has 0 fully saturated rings. The Morgan fingerprint density at radius 3 is 1.35 bits per heavy atom. The van der Waals surface area contributed by atoms with Crippen molar-refractivity contribution in [3.63, 3.8) is 0 Å². The number of carbonyl (C=O) groups excluding carboxylic acids is 2. The molecule has 0 aliphatic carbocycles. The van der Waals surface area contributed by atoms with Crippen molar-refractivity contribution in [1.29, 1.82) is 0 Å². The smallest absolute Gasteiger partial charge is 0.306 e. The van der Waals surface area contributed by atoms with Crippen LogP contribution in [0.3, 0.4) is 0 Å². The van der Waals surface area contributed by atoms with E-state index in [-0.39, 0.29) is 26.1 Å². The minimum atomic E-state index is -4.66. The second-order valence-corrected chi connectivity index (χ2v) is 17.4. The second-order valence-electron chi connectivity index (χ2n) is 16.0. The molecule has 0 bridgehead atoms. The number of carbonyl (C=O) groups is 2. The molecule has 2 atom stereocenters. The van der Waals surface area contributed by atoms with Crippen molar-refractivity contribution in [1.82, 2.24) is 0 Å². The number of likely N-dealkylation sites (N-methyl/N-ethyl adjacent to an activating group) is 1. The molecule has 2 unspecified atom stereocenters. The van der Waals surface area contributed by atoms with E-state index in [1.807, 2.05) is 33.3 Å². The number of unbranched alkanes of at least 4 members (excludes halogenated alkanes) is 6. The maximum Gasteiger partial charge on any atom is 0.306 e. The third-order valence-electron chi connectivity index (χ3n) is 8.99. The van der Waals surface area contributed by atoms with Crippen molar-refractivity contribution >= 4 is 19.8 Å². The molecule has 62 heavy (non-hydrogen) atoms. The van der Waals surface area contributed by atoms with Gasteiger partial charge in [-0.05, 0) is 89.9 Å². The average Bonchev–Trinajstić information content (AvgIpc) is 3.23. The number of hydrogen-bond acceptors (Lipinski definition) is 8. The van der Waals surface area contributed by atoms with E-state index in [0.717, 1.165) is 103 Å². The van der Waals surface area contributed by atoms with E-state index in [1.54, 1.807) is 0 Å². The van der Waals surface area contributed by atoms with Gasteiger partial charge in [0.15, 0.2) is 6.10 Å². The minimum absolute atomic E-state index is 0.0546. The first-order chi connectivity index (χ1) is 30.0. The number of quaternary nitrogens is 1. The van der Waals surface area contributed by atoms with Crippen LogP contribution in [0.2, 0.25) is 0 Å². The molecule has 0 saturated heterocycles. The molecule has 350 valence electrons. The number of rotatable bonds is 40. The molecule has 0 amide bonds. The zero-order valence-electron chi connectivity index (χ0n) is 39.3. The Balaban J connectivity index is 4.50. The van der Waals surface area contributed by atoms with Crippen molar-refractivity contribution in [2.24, 2.45) is 0 Å². The van der Waals surface area contributed by atoms with Gasteiger partial charge in [-0.25, -0.2) is 0 Å². The maximum absolute atomic E-state index is 12.7. The number of hydrogen-bond donors (Lipinski definition) is 0. The molecule has 0 aliphatic heterocycles. The molecule has 0 radical (unpaired) electrons. The molecule has 0 rings (SSSR count). The molecule has 0 aliphatic rings. The normalized spacial score (nSPS) is 14.6. The van der Waals surface area contributed by atoms with Gasteiger partial charge in [0.1, 0.15) is 19.8 Å². The molecular weight excluding hydrogens is 798 g/mol. The summed E-state index contributed by atoms with van der Waals surface area (Å²) in [5.74, 6) is -0.962. The summed E-state index contributed by atoms with van der Waals surface area (Å²) in [4.78, 5) is 37.6. The van der Waals surface area contributed by atoms with Gasteiger partial charge < -0.3 is 27.9 Å². The second kappa shape index (κ2) is 42.7. The summed E-state index contributed by atoms with van der Waals surface area (Å²) in [6, 6.07) is 0. The number of nitrogens with zero attached hydrogens (tertiary/aromatic N) is 1. The standard InChI is InChI=1S/C52H84NO8P/c1-6-8-10-12-14-16-18-20-22-24-26-28-30-32-34-36-38-40-42-44-51(54)58-48-50(49-60-62(56,57)59-47-46-53(3,4)5)61-52(55)45-43-41-39-37-35-33-31-29-27-25-23-21-19-17-15-13-11-9-7-2/h8-11,14-17,20-23,26-29,33,35,39,41,50H,6-7,12-13,18-19,24-25,30-32,34,36-38,40,42-49H2,1-5H3/b10-8-,11-9-,16-14-,17-15-,22-20-,23-21-,28-26-,29-27-,35-33-,41-39-. The van der Waals surface area contributed by atoms with E-state index in [4.69, 9.17) is 18.5 Å². The number of ether oxygens (including phenoxy) is 2. The van der Waals surface area contributed by atoms with Crippen LogP contribution in [0, 0.1) is 0 Å². The Labute approximate surface area is 378 Å². The quantitative estimate of drug-likeness (QED) is 0.0197. The molecule has 10 heteroatoms. The van der Waals surface area contributed by atoms with Crippen LogP contribution >= 0.6 is 7.82 Å². The monoisotopic (exact) mass is 882 g/mol. The highest BCUT2D eigenvalue weighted by Gasteiger charge is 2.21. The number of allylic oxidation sites excluding steroid dienone is 20. The van der Waals surface area contributed by atoms with Crippen molar-refractivity contribution in [2.45, 2.75) is 148 Å². The zero-order chi connectivity index (χ0) is 45.7. The lowest BCUT2D eigenvalue weighted by Crippen LogP contribution is -2.37. The SMILES string of the molecule is CC/C=C\C/C=C\C/C=C\C/C=C\C/C=C\C/C=C\CCC(=O)OC(COC(=O)CCCCCCCC/C=C\C/C=C\C/C=C\C/C=C\CC)COP(=O)([O-])OCC[N+](C)(C)C. The lowest BCUT2D eigenvalue weighted by atomic mass is 10.1. The van der Waals surface area contributed by atoms with Crippen LogP contribution < -0.4 is 4.89 Å². The van der Waals surface area contributed by atoms with Gasteiger partial charge in [-0.2, -0.15) is 0 Å². The minimum Gasteiger partial charge on any atom is -0.756 e. The molecule has 0 N–H and O–H groups in total. The van der Waals surface area contributed by atoms with Gasteiger partial charge in [0.2, 0.25) is 0 Å². The lowest BCUT2D eigenvalue weighted by Gasteiger charge is -2.28. The molecular formula is C52H84NO8P. The first-order valence-electron chi connectivity index (χ1n) is 23.2. The average molecular weight is 882 g/mol. The van der Waals surface area contributed by atoms with Crippen molar-refractivity contribution in [2.75, 3.05) is 47.5 Å². The third-order valence-corrected chi connectivity index (χ3v) is 9.95. The van der Waals surface area contributed by atoms with Crippen molar-refractivity contribution in [3.05, 3.63) is 122 Å². The van der Waals surface area contributed by atoms with Gasteiger partial charge in [0.25, 0.3) is 7.82 Å². The molecule has 0 spiro atoms. The fourth-order valence-corrected chi connectivity index (χ4v) is 6.16. The van der Waals surface area contributed by atoms with Crippen LogP contribution in [0.25, 0.3) is 0 Å². The summed E-state index contributed by atoms with van der Waals surface area (Å²) in [6.07, 6.45) is 59.6. The van der Waals surface area contributed by atoms with E-state index in [1.165, 1.54) is 0 Å². The van der Waals surface area contributed by atoms with Gasteiger partial charge in [0, 0.05) is 12.8 Å². The van der Waals surface area contributed by atoms with Crippen molar-refractivity contribution < 1.29 is 42.1 Å². The molecule has 0 aromatic heterocycles. The van der Waals surface area contributed by atoms with Crippen LogP contribution in [-0.2, 0) is 32.7 Å². The highest BCUT2D eigenvalue weighted by Crippen LogP contribution is 2.38. The topological polar surface area (TPSA) is 111 Å². The van der Waals surface area contributed by atoms with E-state index in [2.05, 4.69) is 123 Å². The Kier molecular flexibility index (Phi) is 40.2. The summed E-state index contributed by atoms with van der Waals surface area (Å²) in [7, 11) is 1.09. The Hall–Kier alpha value is -3.59. The summed E-state index contributed by atoms with van der Waals surface area (Å²) in [6.45, 7) is 3.86. The summed E-state index contributed by atoms with van der Waals surface area (Å²) in [5, 5.41) is 0. The predicted molar refractivity (Wildman–Crippen MR) is 258 cm³/mol. The Morgan fingerprint density at radius 1 is 0.500 bits per heavy atom. The fourth-order valence-electron chi connectivity index (χ4n) is 5.43. The van der Waals surface area contributed by atoms with Gasteiger partial charge in [-0.3, -0.25) is 14.2 Å². The van der Waals surface area contributed by atoms with E-state index in [9.17, 15) is 19.0 Å². The van der Waals surface area contributed by atoms with Crippen LogP contribution in [0.5, 0.6) is 0 Å². The van der Waals surface area contributed by atoms with Crippen LogP contribution in [0.4, 0.5) is 0 Å². The molecule has 0 aromatic carbocycles. The third kappa shape index (κ3) is 45.9. The number of phosphoric acid groups is 1. The lowest BCUT2D eigenvalue weighted by molar-refractivity contribution is -0.870. The number of phosphoric ester groups is 1. The van der Waals surface area contributed by atoms with Crippen molar-refractivity contribution in [3.8, 4) is 0 Å². The highest BCUT2D eigenvalue weighted by atomic mass is 31.2.